The predicted molar refractivity (Wildman–Crippen MR) is 114 cm³/mol. The minimum atomic E-state index is -1.29. The highest BCUT2D eigenvalue weighted by Gasteiger charge is 2.24. The average molecular weight is 417 g/mol. The first-order chi connectivity index (χ1) is 13.5. The van der Waals surface area contributed by atoms with Crippen LogP contribution in [0.4, 0.5) is 4.39 Å². The monoisotopic (exact) mass is 416 g/mol. The fraction of sp³-hybridized carbons (Fsp3) is 0.381. The van der Waals surface area contributed by atoms with E-state index in [1.807, 2.05) is 40.7 Å². The molecule has 0 radical (unpaired) electrons. The van der Waals surface area contributed by atoms with Crippen molar-refractivity contribution in [2.45, 2.75) is 45.4 Å². The molecule has 2 atom stereocenters. The van der Waals surface area contributed by atoms with Crippen LogP contribution in [0.25, 0.3) is 22.4 Å². The third-order valence-electron chi connectivity index (χ3n) is 4.62. The van der Waals surface area contributed by atoms with Gasteiger partial charge in [-0.1, -0.05) is 6.07 Å². The topological polar surface area (TPSA) is 76.9 Å². The fourth-order valence-corrected chi connectivity index (χ4v) is 3.82. The molecule has 0 unspecified atom stereocenters. The number of halogens is 1. The summed E-state index contributed by atoms with van der Waals surface area (Å²) < 4.78 is 30.0. The van der Waals surface area contributed by atoms with E-state index in [1.165, 1.54) is 16.7 Å². The predicted octanol–water partition coefficient (Wildman–Crippen LogP) is 3.56. The lowest BCUT2D eigenvalue weighted by molar-refractivity contribution is 0.617. The van der Waals surface area contributed by atoms with Gasteiger partial charge in [-0.25, -0.2) is 23.3 Å². The number of fused-ring (bicyclic) bond motifs is 1. The molecule has 0 amide bonds. The van der Waals surface area contributed by atoms with Crippen molar-refractivity contribution in [3.05, 3.63) is 57.8 Å². The Morgan fingerprint density at radius 1 is 1.24 bits per heavy atom. The van der Waals surface area contributed by atoms with Crippen molar-refractivity contribution in [3.63, 3.8) is 0 Å². The maximum Gasteiger partial charge on any atom is 0.261 e. The normalized spacial score (nSPS) is 14.2. The lowest BCUT2D eigenvalue weighted by Gasteiger charge is -2.23. The molecule has 29 heavy (non-hydrogen) atoms. The summed E-state index contributed by atoms with van der Waals surface area (Å²) in [5.41, 5.74) is 2.39. The molecule has 0 spiro atoms. The van der Waals surface area contributed by atoms with Crippen LogP contribution in [-0.2, 0) is 18.0 Å². The lowest BCUT2D eigenvalue weighted by atomic mass is 10.0. The minimum absolute atomic E-state index is 0.217. The van der Waals surface area contributed by atoms with Gasteiger partial charge in [-0.2, -0.15) is 0 Å². The first kappa shape index (κ1) is 21.3. The van der Waals surface area contributed by atoms with Crippen molar-refractivity contribution in [1.29, 1.82) is 0 Å². The number of nitrogens with zero attached hydrogens (tertiary/aromatic N) is 3. The molecule has 8 heteroatoms. The van der Waals surface area contributed by atoms with E-state index in [-0.39, 0.29) is 11.6 Å². The van der Waals surface area contributed by atoms with Gasteiger partial charge in [0, 0.05) is 13.1 Å². The number of aromatic nitrogens is 3. The molecular weight excluding hydrogens is 391 g/mol. The number of hydrogen-bond acceptors (Lipinski definition) is 4. The molecule has 3 rings (SSSR count). The maximum absolute atomic E-state index is 13.3. The van der Waals surface area contributed by atoms with Crippen LogP contribution in [0.2, 0.25) is 0 Å². The highest BCUT2D eigenvalue weighted by molar-refractivity contribution is 7.84. The third kappa shape index (κ3) is 4.28. The molecule has 0 aliphatic rings. The number of rotatable bonds is 4. The van der Waals surface area contributed by atoms with Gasteiger partial charge in [0.15, 0.2) is 5.82 Å². The summed E-state index contributed by atoms with van der Waals surface area (Å²) in [6.45, 7) is 9.48. The van der Waals surface area contributed by atoms with Crippen molar-refractivity contribution < 1.29 is 8.60 Å². The highest BCUT2D eigenvalue weighted by Crippen LogP contribution is 2.26. The van der Waals surface area contributed by atoms with E-state index >= 15 is 0 Å². The minimum Gasteiger partial charge on any atom is -0.294 e. The molecule has 0 fully saturated rings. The van der Waals surface area contributed by atoms with Gasteiger partial charge in [0.25, 0.3) is 5.56 Å². The van der Waals surface area contributed by atoms with Gasteiger partial charge in [0.2, 0.25) is 0 Å². The molecule has 3 aromatic rings. The summed E-state index contributed by atoms with van der Waals surface area (Å²) >= 11 is 0. The van der Waals surface area contributed by atoms with Crippen LogP contribution in [0.1, 0.15) is 44.9 Å². The largest absolute Gasteiger partial charge is 0.294 e. The summed E-state index contributed by atoms with van der Waals surface area (Å²) in [6.07, 6.45) is 1.10. The molecule has 2 heterocycles. The molecule has 0 aliphatic carbocycles. The summed E-state index contributed by atoms with van der Waals surface area (Å²) in [4.78, 5) is 21.8. The van der Waals surface area contributed by atoms with Crippen LogP contribution in [0.15, 0.2) is 35.3 Å². The van der Waals surface area contributed by atoms with Crippen LogP contribution >= 0.6 is 0 Å². The van der Waals surface area contributed by atoms with Gasteiger partial charge in [-0.3, -0.25) is 9.36 Å². The number of aryl methyl sites for hydroxylation is 1. The zero-order chi connectivity index (χ0) is 21.5. The van der Waals surface area contributed by atoms with Crippen molar-refractivity contribution in [2.24, 2.45) is 7.05 Å². The summed E-state index contributed by atoms with van der Waals surface area (Å²) in [7, 11) is 0.332. The summed E-state index contributed by atoms with van der Waals surface area (Å²) in [5.74, 6) is -0.116. The molecule has 0 saturated heterocycles. The second-order valence-electron chi connectivity index (χ2n) is 8.13. The van der Waals surface area contributed by atoms with E-state index < -0.39 is 21.5 Å². The SMILES string of the molecule is Cc1cc([C@@H](C)N[S@](=O)C(C)(C)C)c2nc(-c3ccc(F)cn3)n(C)c(=O)c2c1. The Kier molecular flexibility index (Phi) is 5.69. The molecule has 0 saturated carbocycles. The summed E-state index contributed by atoms with van der Waals surface area (Å²) in [5, 5.41) is 0.476. The van der Waals surface area contributed by atoms with E-state index in [1.54, 1.807) is 13.1 Å². The van der Waals surface area contributed by atoms with E-state index in [0.717, 1.165) is 17.3 Å². The zero-order valence-electron chi connectivity index (χ0n) is 17.4. The molecule has 154 valence electrons. The quantitative estimate of drug-likeness (QED) is 0.706. The van der Waals surface area contributed by atoms with Crippen LogP contribution in [-0.4, -0.2) is 23.5 Å². The van der Waals surface area contributed by atoms with E-state index in [9.17, 15) is 13.4 Å². The Labute approximate surface area is 171 Å². The van der Waals surface area contributed by atoms with Gasteiger partial charge < -0.3 is 0 Å². The van der Waals surface area contributed by atoms with Gasteiger partial charge in [-0.05, 0) is 63.9 Å². The third-order valence-corrected chi connectivity index (χ3v) is 6.30. The first-order valence-corrected chi connectivity index (χ1v) is 10.5. The standard InChI is InChI=1S/C21H25FN4O2S/c1-12-9-15(13(2)25-29(28)21(3,4)5)18-16(10-12)20(27)26(6)19(24-18)17-8-7-14(22)11-23-17/h7-11,13,25H,1-6H3/t13-,29-/m1/s1. The lowest BCUT2D eigenvalue weighted by Crippen LogP contribution is -2.35. The van der Waals surface area contributed by atoms with E-state index in [4.69, 9.17) is 4.98 Å². The average Bonchev–Trinajstić information content (AvgIpc) is 2.64. The van der Waals surface area contributed by atoms with Crippen molar-refractivity contribution in [1.82, 2.24) is 19.3 Å². The molecule has 0 aliphatic heterocycles. The number of hydrogen-bond donors (Lipinski definition) is 1. The van der Waals surface area contributed by atoms with Gasteiger partial charge in [0.1, 0.15) is 11.5 Å². The van der Waals surface area contributed by atoms with Crippen LogP contribution < -0.4 is 10.3 Å². The van der Waals surface area contributed by atoms with E-state index in [0.29, 0.717) is 22.4 Å². The zero-order valence-corrected chi connectivity index (χ0v) is 18.2. The Bertz CT molecular complexity index is 1150. The van der Waals surface area contributed by atoms with Gasteiger partial charge >= 0.3 is 0 Å². The Balaban J connectivity index is 2.22. The van der Waals surface area contributed by atoms with Crippen molar-refractivity contribution in [2.75, 3.05) is 0 Å². The first-order valence-electron chi connectivity index (χ1n) is 9.30. The Morgan fingerprint density at radius 2 is 1.93 bits per heavy atom. The Morgan fingerprint density at radius 3 is 2.52 bits per heavy atom. The molecule has 1 aromatic carbocycles. The number of pyridine rings is 1. The molecular formula is C21H25FN4O2S. The molecule has 2 aromatic heterocycles. The second-order valence-corrected chi connectivity index (χ2v) is 10.1. The van der Waals surface area contributed by atoms with Gasteiger partial charge in [-0.15, -0.1) is 0 Å². The second kappa shape index (κ2) is 7.76. The van der Waals surface area contributed by atoms with Gasteiger partial charge in [0.05, 0.1) is 32.8 Å². The maximum atomic E-state index is 13.3. The smallest absolute Gasteiger partial charge is 0.261 e. The fourth-order valence-electron chi connectivity index (χ4n) is 3.02. The van der Waals surface area contributed by atoms with Crippen molar-refractivity contribution >= 4 is 21.9 Å². The molecule has 1 N–H and O–H groups in total. The molecule has 6 nitrogen and oxygen atoms in total. The van der Waals surface area contributed by atoms with Crippen LogP contribution in [0.3, 0.4) is 0 Å². The Hall–Kier alpha value is -2.45. The van der Waals surface area contributed by atoms with E-state index in [2.05, 4.69) is 9.71 Å². The van der Waals surface area contributed by atoms with Crippen molar-refractivity contribution in [3.8, 4) is 11.5 Å². The summed E-state index contributed by atoms with van der Waals surface area (Å²) in [6, 6.07) is 6.21. The van der Waals surface area contributed by atoms with Crippen LogP contribution in [0.5, 0.6) is 0 Å². The number of benzene rings is 1. The number of nitrogens with one attached hydrogen (secondary N) is 1. The van der Waals surface area contributed by atoms with Crippen LogP contribution in [0, 0.1) is 12.7 Å². The molecule has 0 bridgehead atoms. The highest BCUT2D eigenvalue weighted by atomic mass is 32.2.